The second-order valence-electron chi connectivity index (χ2n) is 7.44. The van der Waals surface area contributed by atoms with Crippen molar-refractivity contribution in [1.29, 1.82) is 0 Å². The van der Waals surface area contributed by atoms with Crippen LogP contribution in [0.15, 0.2) is 41.3 Å². The Morgan fingerprint density at radius 1 is 1.14 bits per heavy atom. The molecule has 0 bridgehead atoms. The third kappa shape index (κ3) is 5.08. The molecule has 1 amide bonds. The molecule has 0 radical (unpaired) electrons. The Morgan fingerprint density at radius 3 is 2.45 bits per heavy atom. The van der Waals surface area contributed by atoms with Crippen molar-refractivity contribution in [2.45, 2.75) is 43.0 Å². The third-order valence-corrected chi connectivity index (χ3v) is 6.88. The van der Waals surface area contributed by atoms with Crippen molar-refractivity contribution in [2.24, 2.45) is 0 Å². The summed E-state index contributed by atoms with van der Waals surface area (Å²) in [6.07, 6.45) is 6.65. The van der Waals surface area contributed by atoms with Crippen LogP contribution in [0, 0.1) is 5.82 Å². The van der Waals surface area contributed by atoms with Crippen molar-refractivity contribution in [3.05, 3.63) is 52.8 Å². The summed E-state index contributed by atoms with van der Waals surface area (Å²) < 4.78 is 38.3. The number of nitrogens with one attached hydrogen (secondary N) is 1. The molecule has 0 spiro atoms. The Labute approximate surface area is 175 Å². The fourth-order valence-electron chi connectivity index (χ4n) is 3.67. The SMILES string of the molecule is CN(c1ccc(NC(=O)c2ccc(Cl)c(S(C)(=O)=O)c2)cc1F)C1CCCCC1. The van der Waals surface area contributed by atoms with Crippen LogP contribution in [0.5, 0.6) is 0 Å². The minimum atomic E-state index is -3.57. The van der Waals surface area contributed by atoms with E-state index in [-0.39, 0.29) is 15.5 Å². The highest BCUT2D eigenvalue weighted by molar-refractivity contribution is 7.90. The fraction of sp³-hybridized carbons (Fsp3) is 0.381. The van der Waals surface area contributed by atoms with Crippen molar-refractivity contribution < 1.29 is 17.6 Å². The van der Waals surface area contributed by atoms with Crippen LogP contribution < -0.4 is 10.2 Å². The molecule has 156 valence electrons. The van der Waals surface area contributed by atoms with Crippen molar-refractivity contribution in [1.82, 2.24) is 0 Å². The van der Waals surface area contributed by atoms with E-state index in [1.165, 1.54) is 30.7 Å². The summed E-state index contributed by atoms with van der Waals surface area (Å²) in [4.78, 5) is 14.3. The zero-order valence-electron chi connectivity index (χ0n) is 16.4. The molecule has 0 unspecified atom stereocenters. The lowest BCUT2D eigenvalue weighted by Gasteiger charge is -2.33. The van der Waals surface area contributed by atoms with Gasteiger partial charge in [-0.1, -0.05) is 30.9 Å². The summed E-state index contributed by atoms with van der Waals surface area (Å²) in [6.45, 7) is 0. The molecule has 0 aromatic heterocycles. The molecular formula is C21H24ClFN2O3S. The first-order chi connectivity index (χ1) is 13.7. The highest BCUT2D eigenvalue weighted by atomic mass is 35.5. The topological polar surface area (TPSA) is 66.5 Å². The first kappa shape index (κ1) is 21.6. The lowest BCUT2D eigenvalue weighted by atomic mass is 9.94. The van der Waals surface area contributed by atoms with Crippen LogP contribution in [-0.2, 0) is 9.84 Å². The number of carbonyl (C=O) groups is 1. The minimum absolute atomic E-state index is 0.0465. The molecule has 3 rings (SSSR count). The molecule has 5 nitrogen and oxygen atoms in total. The predicted octanol–water partition coefficient (Wildman–Crippen LogP) is 4.90. The molecule has 0 heterocycles. The Bertz CT molecular complexity index is 1020. The maximum Gasteiger partial charge on any atom is 0.255 e. The summed E-state index contributed by atoms with van der Waals surface area (Å²) in [5.74, 6) is -0.955. The zero-order valence-corrected chi connectivity index (χ0v) is 18.0. The molecule has 0 aliphatic heterocycles. The molecule has 2 aromatic carbocycles. The van der Waals surface area contributed by atoms with Crippen LogP contribution in [0.25, 0.3) is 0 Å². The van der Waals surface area contributed by atoms with Gasteiger partial charge in [0.2, 0.25) is 0 Å². The minimum Gasteiger partial charge on any atom is -0.369 e. The van der Waals surface area contributed by atoms with Crippen molar-refractivity contribution >= 4 is 38.7 Å². The molecule has 1 fully saturated rings. The molecule has 8 heteroatoms. The van der Waals surface area contributed by atoms with Crippen LogP contribution in [-0.4, -0.2) is 33.7 Å². The number of anilines is 2. The molecule has 1 aliphatic carbocycles. The van der Waals surface area contributed by atoms with E-state index >= 15 is 0 Å². The van der Waals surface area contributed by atoms with Gasteiger partial charge in [-0.2, -0.15) is 0 Å². The highest BCUT2D eigenvalue weighted by Gasteiger charge is 2.21. The van der Waals surface area contributed by atoms with E-state index in [0.29, 0.717) is 17.4 Å². The summed E-state index contributed by atoms with van der Waals surface area (Å²) in [5, 5.41) is 2.65. The standard InChI is InChI=1S/C21H24ClFN2O3S/c1-25(16-6-4-3-5-7-16)19-11-9-15(13-18(19)23)24-21(26)14-8-10-17(22)20(12-14)29(2,27)28/h8-13,16H,3-7H2,1-2H3,(H,24,26). The number of hydrogen-bond donors (Lipinski definition) is 1. The van der Waals surface area contributed by atoms with Gasteiger partial charge in [-0.05, 0) is 49.2 Å². The van der Waals surface area contributed by atoms with Gasteiger partial charge in [0.25, 0.3) is 5.91 Å². The first-order valence-electron chi connectivity index (χ1n) is 9.50. The van der Waals surface area contributed by atoms with Gasteiger partial charge >= 0.3 is 0 Å². The number of benzene rings is 2. The lowest BCUT2D eigenvalue weighted by molar-refractivity contribution is 0.102. The maximum atomic E-state index is 14.7. The number of amides is 1. The summed E-state index contributed by atoms with van der Waals surface area (Å²) in [7, 11) is -1.68. The highest BCUT2D eigenvalue weighted by Crippen LogP contribution is 2.29. The Morgan fingerprint density at radius 2 is 1.83 bits per heavy atom. The molecular weight excluding hydrogens is 415 g/mol. The second-order valence-corrected chi connectivity index (χ2v) is 9.83. The molecule has 29 heavy (non-hydrogen) atoms. The normalized spacial score (nSPS) is 15.2. The summed E-state index contributed by atoms with van der Waals surface area (Å²) in [5.41, 5.74) is 0.920. The van der Waals surface area contributed by atoms with Crippen molar-refractivity contribution in [2.75, 3.05) is 23.5 Å². The molecule has 2 aromatic rings. The predicted molar refractivity (Wildman–Crippen MR) is 114 cm³/mol. The Kier molecular flexibility index (Phi) is 6.49. The lowest BCUT2D eigenvalue weighted by Crippen LogP contribution is -2.33. The molecule has 1 N–H and O–H groups in total. The van der Waals surface area contributed by atoms with Crippen LogP contribution in [0.1, 0.15) is 42.5 Å². The second kappa shape index (κ2) is 8.71. The van der Waals surface area contributed by atoms with E-state index in [9.17, 15) is 17.6 Å². The van der Waals surface area contributed by atoms with E-state index < -0.39 is 21.6 Å². The molecule has 0 saturated heterocycles. The van der Waals surface area contributed by atoms with Crippen molar-refractivity contribution in [3.8, 4) is 0 Å². The smallest absolute Gasteiger partial charge is 0.255 e. The average Bonchev–Trinajstić information content (AvgIpc) is 2.67. The number of halogens is 2. The zero-order chi connectivity index (χ0) is 21.2. The van der Waals surface area contributed by atoms with Crippen molar-refractivity contribution in [3.63, 3.8) is 0 Å². The van der Waals surface area contributed by atoms with Crippen LogP contribution in [0.2, 0.25) is 5.02 Å². The number of sulfone groups is 1. The monoisotopic (exact) mass is 438 g/mol. The largest absolute Gasteiger partial charge is 0.369 e. The van der Waals surface area contributed by atoms with Gasteiger partial charge in [0, 0.05) is 30.6 Å². The number of rotatable bonds is 5. The van der Waals surface area contributed by atoms with Gasteiger partial charge in [-0.3, -0.25) is 4.79 Å². The Balaban J connectivity index is 1.77. The van der Waals surface area contributed by atoms with Gasteiger partial charge in [-0.25, -0.2) is 12.8 Å². The van der Waals surface area contributed by atoms with E-state index in [1.54, 1.807) is 12.1 Å². The number of hydrogen-bond acceptors (Lipinski definition) is 4. The van der Waals surface area contributed by atoms with E-state index in [4.69, 9.17) is 11.6 Å². The van der Waals surface area contributed by atoms with E-state index in [2.05, 4.69) is 5.32 Å². The van der Waals surface area contributed by atoms with Crippen LogP contribution in [0.4, 0.5) is 15.8 Å². The fourth-order valence-corrected chi connectivity index (χ4v) is 4.97. The van der Waals surface area contributed by atoms with E-state index in [1.807, 2.05) is 11.9 Å². The first-order valence-corrected chi connectivity index (χ1v) is 11.8. The number of carbonyl (C=O) groups excluding carboxylic acids is 1. The molecule has 1 saturated carbocycles. The van der Waals surface area contributed by atoms with Gasteiger partial charge < -0.3 is 10.2 Å². The summed E-state index contributed by atoms with van der Waals surface area (Å²) >= 11 is 5.91. The van der Waals surface area contributed by atoms with Gasteiger partial charge in [0.05, 0.1) is 15.6 Å². The third-order valence-electron chi connectivity index (χ3n) is 5.30. The average molecular weight is 439 g/mol. The molecule has 0 atom stereocenters. The van der Waals surface area contributed by atoms with Gasteiger partial charge in [0.1, 0.15) is 5.82 Å². The van der Waals surface area contributed by atoms with Gasteiger partial charge in [-0.15, -0.1) is 0 Å². The molecule has 1 aliphatic rings. The quantitative estimate of drug-likeness (QED) is 0.720. The van der Waals surface area contributed by atoms with Crippen LogP contribution >= 0.6 is 11.6 Å². The Hall–Kier alpha value is -2.12. The number of nitrogens with zero attached hydrogens (tertiary/aromatic N) is 1. The van der Waals surface area contributed by atoms with E-state index in [0.717, 1.165) is 31.9 Å². The van der Waals surface area contributed by atoms with Crippen LogP contribution in [0.3, 0.4) is 0 Å². The summed E-state index contributed by atoms with van der Waals surface area (Å²) in [6, 6.07) is 8.90. The van der Waals surface area contributed by atoms with Gasteiger partial charge in [0.15, 0.2) is 9.84 Å². The maximum absolute atomic E-state index is 14.7.